The van der Waals surface area contributed by atoms with Gasteiger partial charge >= 0.3 is 5.97 Å². The van der Waals surface area contributed by atoms with Crippen molar-refractivity contribution >= 4 is 5.97 Å². The van der Waals surface area contributed by atoms with E-state index in [9.17, 15) is 4.79 Å². The number of aromatic nitrogens is 1. The molecule has 1 aromatic rings. The van der Waals surface area contributed by atoms with Crippen LogP contribution in [0.3, 0.4) is 0 Å². The highest BCUT2D eigenvalue weighted by atomic mass is 16.5. The van der Waals surface area contributed by atoms with E-state index in [4.69, 9.17) is 5.73 Å². The summed E-state index contributed by atoms with van der Waals surface area (Å²) in [6.45, 7) is 0. The predicted octanol–water partition coefficient (Wildman–Crippen LogP) is 0.288. The lowest BCUT2D eigenvalue weighted by molar-refractivity contribution is -0.147. The lowest BCUT2D eigenvalue weighted by Gasteiger charge is -2.20. The second-order valence-corrected chi connectivity index (χ2v) is 3.36. The molecular weight excluding hydrogens is 168 g/mol. The molecule has 4 nitrogen and oxygen atoms in total. The van der Waals surface area contributed by atoms with Crippen LogP contribution in [-0.4, -0.2) is 18.1 Å². The smallest absolute Gasteiger partial charge is 0.330 e. The van der Waals surface area contributed by atoms with Gasteiger partial charge in [0.25, 0.3) is 0 Å². The van der Waals surface area contributed by atoms with Gasteiger partial charge in [-0.25, -0.2) is 4.79 Å². The molecule has 1 heterocycles. The van der Waals surface area contributed by atoms with Crippen LogP contribution in [0.4, 0.5) is 0 Å². The van der Waals surface area contributed by atoms with Crippen LogP contribution < -0.4 is 5.73 Å². The summed E-state index contributed by atoms with van der Waals surface area (Å²) >= 11 is 0. The van der Waals surface area contributed by atoms with Gasteiger partial charge < -0.3 is 15.5 Å². The number of H-pyrrole nitrogens is 1. The van der Waals surface area contributed by atoms with Gasteiger partial charge in [-0.15, -0.1) is 0 Å². The number of fused-ring (bicyclic) bond motifs is 1. The molecule has 0 aromatic carbocycles. The number of nitrogens with one attached hydrogen (secondary N) is 1. The Kier molecular flexibility index (Phi) is 1.66. The molecule has 0 radical (unpaired) electrons. The van der Waals surface area contributed by atoms with Gasteiger partial charge in [0.05, 0.1) is 7.11 Å². The summed E-state index contributed by atoms with van der Waals surface area (Å²) in [5, 5.41) is 0. The maximum atomic E-state index is 11.4. The number of esters is 1. The van der Waals surface area contributed by atoms with Crippen LogP contribution in [0.15, 0.2) is 12.4 Å². The molecule has 2 rings (SSSR count). The first-order valence-corrected chi connectivity index (χ1v) is 4.22. The van der Waals surface area contributed by atoms with Crippen LogP contribution in [0.1, 0.15) is 17.5 Å². The van der Waals surface area contributed by atoms with Crippen LogP contribution in [-0.2, 0) is 21.5 Å². The van der Waals surface area contributed by atoms with Crippen molar-refractivity contribution in [2.24, 2.45) is 5.73 Å². The number of methoxy groups -OCH3 is 1. The number of hydrogen-bond acceptors (Lipinski definition) is 3. The van der Waals surface area contributed by atoms with E-state index in [1.165, 1.54) is 7.11 Å². The van der Waals surface area contributed by atoms with E-state index in [1.807, 2.05) is 6.20 Å². The Morgan fingerprint density at radius 3 is 3.15 bits per heavy atom. The lowest BCUT2D eigenvalue weighted by atomic mass is 9.95. The van der Waals surface area contributed by atoms with Crippen LogP contribution in [0.25, 0.3) is 0 Å². The molecular formula is C9H12N2O2. The van der Waals surface area contributed by atoms with Gasteiger partial charge in [0.2, 0.25) is 0 Å². The summed E-state index contributed by atoms with van der Waals surface area (Å²) in [6, 6.07) is 0. The van der Waals surface area contributed by atoms with Gasteiger partial charge in [-0.1, -0.05) is 0 Å². The molecule has 0 amide bonds. The molecule has 0 saturated carbocycles. The van der Waals surface area contributed by atoms with E-state index in [1.54, 1.807) is 6.20 Å². The molecule has 1 aromatic heterocycles. The van der Waals surface area contributed by atoms with Crippen molar-refractivity contribution in [3.8, 4) is 0 Å². The third-order valence-corrected chi connectivity index (χ3v) is 2.65. The third kappa shape index (κ3) is 0.986. The van der Waals surface area contributed by atoms with Crippen LogP contribution in [0.5, 0.6) is 0 Å². The molecule has 0 bridgehead atoms. The van der Waals surface area contributed by atoms with E-state index < -0.39 is 5.54 Å². The topological polar surface area (TPSA) is 68.1 Å². The molecule has 0 saturated heterocycles. The van der Waals surface area contributed by atoms with E-state index >= 15 is 0 Å². The van der Waals surface area contributed by atoms with Gasteiger partial charge in [0, 0.05) is 18.0 Å². The summed E-state index contributed by atoms with van der Waals surface area (Å²) in [4.78, 5) is 14.4. The molecule has 0 fully saturated rings. The van der Waals surface area contributed by atoms with E-state index in [0.29, 0.717) is 6.42 Å². The number of aryl methyl sites for hydroxylation is 1. The molecule has 3 N–H and O–H groups in total. The number of carbonyl (C=O) groups excluding carboxylic acids is 1. The van der Waals surface area contributed by atoms with E-state index in [-0.39, 0.29) is 5.97 Å². The number of rotatable bonds is 1. The summed E-state index contributed by atoms with van der Waals surface area (Å²) in [5.74, 6) is -0.356. The standard InChI is InChI=1S/C9H12N2O2/c1-13-8(12)9(10)3-2-6-4-11-5-7(6)9/h4-5,11H,2-3,10H2,1H3. The Balaban J connectivity index is 2.43. The monoisotopic (exact) mass is 180 g/mol. The van der Waals surface area contributed by atoms with E-state index in [0.717, 1.165) is 17.5 Å². The molecule has 0 spiro atoms. The van der Waals surface area contributed by atoms with Gasteiger partial charge in [-0.3, -0.25) is 0 Å². The minimum absolute atomic E-state index is 0.356. The van der Waals surface area contributed by atoms with Crippen molar-refractivity contribution in [1.29, 1.82) is 0 Å². The van der Waals surface area contributed by atoms with Gasteiger partial charge in [-0.2, -0.15) is 0 Å². The van der Waals surface area contributed by atoms with Gasteiger partial charge in [0.1, 0.15) is 5.54 Å². The molecule has 1 aliphatic carbocycles. The first-order valence-electron chi connectivity index (χ1n) is 4.22. The number of carbonyl (C=O) groups is 1. The summed E-state index contributed by atoms with van der Waals surface area (Å²) < 4.78 is 4.69. The van der Waals surface area contributed by atoms with Crippen molar-refractivity contribution in [2.75, 3.05) is 7.11 Å². The zero-order valence-electron chi connectivity index (χ0n) is 7.46. The fourth-order valence-corrected chi connectivity index (χ4v) is 1.88. The SMILES string of the molecule is COC(=O)C1(N)CCc2c[nH]cc21. The maximum absolute atomic E-state index is 11.4. The molecule has 1 aliphatic rings. The highest BCUT2D eigenvalue weighted by Gasteiger charge is 2.43. The second-order valence-electron chi connectivity index (χ2n) is 3.36. The quantitative estimate of drug-likeness (QED) is 0.610. The number of ether oxygens (including phenoxy) is 1. The van der Waals surface area contributed by atoms with Crippen molar-refractivity contribution in [1.82, 2.24) is 4.98 Å². The number of aromatic amines is 1. The minimum atomic E-state index is -0.927. The maximum Gasteiger partial charge on any atom is 0.330 e. The van der Waals surface area contributed by atoms with Crippen molar-refractivity contribution < 1.29 is 9.53 Å². The second kappa shape index (κ2) is 2.60. The van der Waals surface area contributed by atoms with Crippen molar-refractivity contribution in [3.63, 3.8) is 0 Å². The third-order valence-electron chi connectivity index (χ3n) is 2.65. The summed E-state index contributed by atoms with van der Waals surface area (Å²) in [6.07, 6.45) is 5.13. The molecule has 1 unspecified atom stereocenters. The Hall–Kier alpha value is -1.29. The Labute approximate surface area is 76.1 Å². The molecule has 13 heavy (non-hydrogen) atoms. The highest BCUT2D eigenvalue weighted by molar-refractivity contribution is 5.83. The van der Waals surface area contributed by atoms with E-state index in [2.05, 4.69) is 9.72 Å². The zero-order valence-corrected chi connectivity index (χ0v) is 7.46. The Morgan fingerprint density at radius 2 is 2.46 bits per heavy atom. The first-order chi connectivity index (χ1) is 6.18. The average molecular weight is 180 g/mol. The molecule has 0 aliphatic heterocycles. The normalized spacial score (nSPS) is 25.7. The van der Waals surface area contributed by atoms with Gasteiger partial charge in [0.15, 0.2) is 0 Å². The lowest BCUT2D eigenvalue weighted by Crippen LogP contribution is -2.43. The molecule has 4 heteroatoms. The molecule has 70 valence electrons. The summed E-state index contributed by atoms with van der Waals surface area (Å²) in [7, 11) is 1.36. The Bertz CT molecular complexity index is 345. The van der Waals surface area contributed by atoms with Crippen LogP contribution in [0.2, 0.25) is 0 Å². The number of nitrogens with two attached hydrogens (primary N) is 1. The van der Waals surface area contributed by atoms with Gasteiger partial charge in [-0.05, 0) is 18.4 Å². The fourth-order valence-electron chi connectivity index (χ4n) is 1.88. The Morgan fingerprint density at radius 1 is 1.69 bits per heavy atom. The van der Waals surface area contributed by atoms with Crippen LogP contribution >= 0.6 is 0 Å². The first kappa shape index (κ1) is 8.31. The van der Waals surface area contributed by atoms with Crippen LogP contribution in [0, 0.1) is 0 Å². The molecule has 1 atom stereocenters. The average Bonchev–Trinajstić information content (AvgIpc) is 2.69. The summed E-state index contributed by atoms with van der Waals surface area (Å²) in [5.41, 5.74) is 7.04. The minimum Gasteiger partial charge on any atom is -0.467 e. The predicted molar refractivity (Wildman–Crippen MR) is 47.0 cm³/mol. The van der Waals surface area contributed by atoms with Crippen molar-refractivity contribution in [3.05, 3.63) is 23.5 Å². The van der Waals surface area contributed by atoms with Crippen molar-refractivity contribution in [2.45, 2.75) is 18.4 Å². The zero-order chi connectivity index (χ0) is 9.47. The number of hydrogen-bond donors (Lipinski definition) is 2. The largest absolute Gasteiger partial charge is 0.467 e. The fraction of sp³-hybridized carbons (Fsp3) is 0.444. The highest BCUT2D eigenvalue weighted by Crippen LogP contribution is 2.35.